The van der Waals surface area contributed by atoms with Crippen LogP contribution in [-0.2, 0) is 6.42 Å². The van der Waals surface area contributed by atoms with Crippen LogP contribution in [0, 0.1) is 0 Å². The van der Waals surface area contributed by atoms with Crippen LogP contribution in [0.2, 0.25) is 0 Å². The summed E-state index contributed by atoms with van der Waals surface area (Å²) in [6, 6.07) is 7.98. The zero-order valence-electron chi connectivity index (χ0n) is 8.43. The molecule has 4 heteroatoms. The van der Waals surface area contributed by atoms with E-state index in [9.17, 15) is 4.79 Å². The van der Waals surface area contributed by atoms with Crippen molar-refractivity contribution < 1.29 is 4.79 Å². The summed E-state index contributed by atoms with van der Waals surface area (Å²) in [6.45, 7) is 0. The topological polar surface area (TPSA) is 42.9 Å². The van der Waals surface area contributed by atoms with Crippen molar-refractivity contribution in [2.24, 2.45) is 0 Å². The van der Waals surface area contributed by atoms with Crippen LogP contribution in [0.5, 0.6) is 0 Å². The van der Waals surface area contributed by atoms with E-state index in [4.69, 9.17) is 0 Å². The van der Waals surface area contributed by atoms with Crippen molar-refractivity contribution in [2.45, 2.75) is 6.42 Å². The summed E-state index contributed by atoms with van der Waals surface area (Å²) in [5, 5.41) is 0. The minimum Gasteiger partial charge on any atom is -0.298 e. The first-order chi connectivity index (χ1) is 7.78. The third-order valence-electron chi connectivity index (χ3n) is 2.11. The zero-order chi connectivity index (χ0) is 11.4. The van der Waals surface area contributed by atoms with E-state index < -0.39 is 0 Å². The van der Waals surface area contributed by atoms with Crippen molar-refractivity contribution in [3.63, 3.8) is 0 Å². The van der Waals surface area contributed by atoms with Crippen molar-refractivity contribution in [1.82, 2.24) is 9.97 Å². The molecule has 0 saturated heterocycles. The summed E-state index contributed by atoms with van der Waals surface area (Å²) in [4.78, 5) is 18.7. The fourth-order valence-electron chi connectivity index (χ4n) is 1.35. The van der Waals surface area contributed by atoms with Crippen LogP contribution in [0.15, 0.2) is 41.1 Å². The lowest BCUT2D eigenvalue weighted by Gasteiger charge is -2.01. The SMILES string of the molecule is O=Cc1cnc(Cc2cccc(Br)c2)nc1. The average molecular weight is 277 g/mol. The van der Waals surface area contributed by atoms with Crippen molar-refractivity contribution in [3.05, 3.63) is 58.1 Å². The van der Waals surface area contributed by atoms with E-state index >= 15 is 0 Å². The molecule has 2 aromatic rings. The second-order valence-electron chi connectivity index (χ2n) is 3.36. The van der Waals surface area contributed by atoms with E-state index in [0.29, 0.717) is 17.8 Å². The van der Waals surface area contributed by atoms with Crippen LogP contribution in [0.3, 0.4) is 0 Å². The molecule has 1 aromatic carbocycles. The Balaban J connectivity index is 2.17. The predicted octanol–water partition coefficient (Wildman–Crippen LogP) is 2.64. The Morgan fingerprint density at radius 2 is 2.00 bits per heavy atom. The first kappa shape index (κ1) is 11.0. The lowest BCUT2D eigenvalue weighted by Crippen LogP contribution is -1.97. The maximum absolute atomic E-state index is 10.4. The Labute approximate surface area is 102 Å². The number of aromatic nitrogens is 2. The highest BCUT2D eigenvalue weighted by Crippen LogP contribution is 2.13. The number of hydrogen-bond donors (Lipinski definition) is 0. The number of aldehydes is 1. The van der Waals surface area contributed by atoms with E-state index in [-0.39, 0.29) is 0 Å². The molecule has 80 valence electrons. The summed E-state index contributed by atoms with van der Waals surface area (Å²) >= 11 is 3.41. The molecule has 0 aliphatic heterocycles. The Hall–Kier alpha value is -1.55. The Bertz CT molecular complexity index is 497. The van der Waals surface area contributed by atoms with E-state index in [1.54, 1.807) is 0 Å². The third-order valence-corrected chi connectivity index (χ3v) is 2.61. The van der Waals surface area contributed by atoms with Gasteiger partial charge in [-0.25, -0.2) is 9.97 Å². The highest BCUT2D eigenvalue weighted by molar-refractivity contribution is 9.10. The van der Waals surface area contributed by atoms with Crippen molar-refractivity contribution in [1.29, 1.82) is 0 Å². The van der Waals surface area contributed by atoms with Crippen LogP contribution in [0.25, 0.3) is 0 Å². The molecule has 0 N–H and O–H groups in total. The maximum atomic E-state index is 10.4. The highest BCUT2D eigenvalue weighted by Gasteiger charge is 2.00. The first-order valence-electron chi connectivity index (χ1n) is 4.78. The van der Waals surface area contributed by atoms with E-state index in [1.807, 2.05) is 24.3 Å². The molecular weight excluding hydrogens is 268 g/mol. The number of rotatable bonds is 3. The van der Waals surface area contributed by atoms with Crippen molar-refractivity contribution in [3.8, 4) is 0 Å². The van der Waals surface area contributed by atoms with Gasteiger partial charge in [0, 0.05) is 23.3 Å². The van der Waals surface area contributed by atoms with Crippen LogP contribution >= 0.6 is 15.9 Å². The van der Waals surface area contributed by atoms with Crippen molar-refractivity contribution >= 4 is 22.2 Å². The van der Waals surface area contributed by atoms with E-state index in [0.717, 1.165) is 16.3 Å². The number of nitrogens with zero attached hydrogens (tertiary/aromatic N) is 2. The smallest absolute Gasteiger partial charge is 0.153 e. The minimum absolute atomic E-state index is 0.498. The van der Waals surface area contributed by atoms with Gasteiger partial charge >= 0.3 is 0 Å². The molecule has 16 heavy (non-hydrogen) atoms. The molecule has 0 unspecified atom stereocenters. The quantitative estimate of drug-likeness (QED) is 0.810. The molecule has 0 saturated carbocycles. The monoisotopic (exact) mass is 276 g/mol. The zero-order valence-corrected chi connectivity index (χ0v) is 10.0. The van der Waals surface area contributed by atoms with Crippen LogP contribution < -0.4 is 0 Å². The molecule has 0 radical (unpaired) electrons. The summed E-state index contributed by atoms with van der Waals surface area (Å²) in [5.74, 6) is 0.712. The highest BCUT2D eigenvalue weighted by atomic mass is 79.9. The molecule has 2 rings (SSSR count). The Morgan fingerprint density at radius 1 is 1.25 bits per heavy atom. The van der Waals surface area contributed by atoms with Gasteiger partial charge in [-0.05, 0) is 17.7 Å². The van der Waals surface area contributed by atoms with E-state index in [1.165, 1.54) is 12.4 Å². The van der Waals surface area contributed by atoms with Gasteiger partial charge < -0.3 is 0 Å². The van der Waals surface area contributed by atoms with Crippen LogP contribution in [-0.4, -0.2) is 16.3 Å². The van der Waals surface area contributed by atoms with Crippen LogP contribution in [0.4, 0.5) is 0 Å². The Morgan fingerprint density at radius 3 is 2.62 bits per heavy atom. The number of benzene rings is 1. The van der Waals surface area contributed by atoms with Gasteiger partial charge in [0.1, 0.15) is 5.82 Å². The van der Waals surface area contributed by atoms with Crippen molar-refractivity contribution in [2.75, 3.05) is 0 Å². The normalized spacial score (nSPS) is 10.1. The molecule has 0 fully saturated rings. The molecule has 0 aliphatic carbocycles. The van der Waals surface area contributed by atoms with Gasteiger partial charge in [-0.1, -0.05) is 28.1 Å². The molecular formula is C12H9BrN2O. The molecule has 1 aromatic heterocycles. The third kappa shape index (κ3) is 2.73. The number of carbonyl (C=O) groups excluding carboxylic acids is 1. The van der Waals surface area contributed by atoms with E-state index in [2.05, 4.69) is 25.9 Å². The molecule has 0 spiro atoms. The van der Waals surface area contributed by atoms with Gasteiger partial charge in [0.25, 0.3) is 0 Å². The molecule has 3 nitrogen and oxygen atoms in total. The van der Waals surface area contributed by atoms with Gasteiger partial charge in [-0.2, -0.15) is 0 Å². The first-order valence-corrected chi connectivity index (χ1v) is 5.58. The fraction of sp³-hybridized carbons (Fsp3) is 0.0833. The Kier molecular flexibility index (Phi) is 3.41. The predicted molar refractivity (Wildman–Crippen MR) is 64.4 cm³/mol. The molecule has 0 bridgehead atoms. The number of carbonyl (C=O) groups is 1. The standard InChI is InChI=1S/C12H9BrN2O/c13-11-3-1-2-9(4-11)5-12-14-6-10(8-16)7-15-12/h1-4,6-8H,5H2. The molecule has 0 atom stereocenters. The summed E-state index contributed by atoms with van der Waals surface area (Å²) in [6.07, 6.45) is 4.47. The number of hydrogen-bond acceptors (Lipinski definition) is 3. The van der Waals surface area contributed by atoms with Gasteiger partial charge in [0.05, 0.1) is 5.56 Å². The van der Waals surface area contributed by atoms with Gasteiger partial charge in [0.15, 0.2) is 6.29 Å². The lowest BCUT2D eigenvalue weighted by molar-refractivity contribution is 0.112. The second kappa shape index (κ2) is 4.99. The van der Waals surface area contributed by atoms with Gasteiger partial charge in [0.2, 0.25) is 0 Å². The van der Waals surface area contributed by atoms with Gasteiger partial charge in [-0.15, -0.1) is 0 Å². The fourth-order valence-corrected chi connectivity index (χ4v) is 1.79. The largest absolute Gasteiger partial charge is 0.298 e. The summed E-state index contributed by atoms with van der Waals surface area (Å²) < 4.78 is 1.04. The lowest BCUT2D eigenvalue weighted by atomic mass is 10.1. The van der Waals surface area contributed by atoms with Gasteiger partial charge in [-0.3, -0.25) is 4.79 Å². The van der Waals surface area contributed by atoms with Crippen LogP contribution in [0.1, 0.15) is 21.7 Å². The molecule has 0 aliphatic rings. The molecule has 1 heterocycles. The number of halogens is 1. The summed E-state index contributed by atoms with van der Waals surface area (Å²) in [5.41, 5.74) is 1.63. The second-order valence-corrected chi connectivity index (χ2v) is 4.27. The maximum Gasteiger partial charge on any atom is 0.153 e. The average Bonchev–Trinajstić information content (AvgIpc) is 2.30. The minimum atomic E-state index is 0.498. The summed E-state index contributed by atoms with van der Waals surface area (Å²) in [7, 11) is 0. The molecule has 0 amide bonds.